The molecule has 23 heavy (non-hydrogen) atoms. The maximum Gasteiger partial charge on any atom is 0.257 e. The van der Waals surface area contributed by atoms with Crippen molar-refractivity contribution in [1.29, 1.82) is 0 Å². The van der Waals surface area contributed by atoms with E-state index < -0.39 is 0 Å². The molecule has 1 aliphatic heterocycles. The van der Waals surface area contributed by atoms with E-state index >= 15 is 0 Å². The van der Waals surface area contributed by atoms with Gasteiger partial charge in [0.1, 0.15) is 0 Å². The fourth-order valence-electron chi connectivity index (χ4n) is 2.86. The average molecular weight is 317 g/mol. The van der Waals surface area contributed by atoms with E-state index in [2.05, 4.69) is 15.4 Å². The molecule has 0 bridgehead atoms. The molecule has 3 heterocycles. The van der Waals surface area contributed by atoms with Crippen LogP contribution in [0.5, 0.6) is 0 Å². The molecule has 0 radical (unpaired) electrons. The van der Waals surface area contributed by atoms with Gasteiger partial charge in [0, 0.05) is 46.1 Å². The molecule has 2 aromatic heterocycles. The summed E-state index contributed by atoms with van der Waals surface area (Å²) < 4.78 is 7.26. The number of fused-ring (bicyclic) bond motifs is 1. The molecule has 0 saturated carbocycles. The van der Waals surface area contributed by atoms with Crippen LogP contribution in [0.1, 0.15) is 30.1 Å². The van der Waals surface area contributed by atoms with Gasteiger partial charge in [-0.15, -0.1) is 0 Å². The maximum absolute atomic E-state index is 12.5. The summed E-state index contributed by atoms with van der Waals surface area (Å²) in [5.41, 5.74) is 2.22. The van der Waals surface area contributed by atoms with Crippen LogP contribution in [0.4, 0.5) is 5.69 Å². The number of hydrogen-bond donors (Lipinski definition) is 1. The van der Waals surface area contributed by atoms with Crippen LogP contribution in [0.2, 0.25) is 0 Å². The van der Waals surface area contributed by atoms with Crippen molar-refractivity contribution in [3.63, 3.8) is 0 Å². The number of hydrogen-bond acceptors (Lipinski definition) is 5. The highest BCUT2D eigenvalue weighted by atomic mass is 16.5. The summed E-state index contributed by atoms with van der Waals surface area (Å²) in [6, 6.07) is 0.299. The highest BCUT2D eigenvalue weighted by Gasteiger charge is 2.22. The number of nitrogens with one attached hydrogen (secondary N) is 1. The van der Waals surface area contributed by atoms with E-state index in [4.69, 9.17) is 4.74 Å². The zero-order chi connectivity index (χ0) is 16.4. The molecule has 0 spiro atoms. The summed E-state index contributed by atoms with van der Waals surface area (Å²) in [7, 11) is 3.50. The largest absolute Gasteiger partial charge is 0.381 e. The van der Waals surface area contributed by atoms with Crippen LogP contribution in [0.25, 0.3) is 11.0 Å². The zero-order valence-electron chi connectivity index (χ0n) is 13.9. The van der Waals surface area contributed by atoms with Gasteiger partial charge in [0.05, 0.1) is 22.8 Å². The highest BCUT2D eigenvalue weighted by molar-refractivity contribution is 6.06. The Morgan fingerprint density at radius 2 is 2.13 bits per heavy atom. The van der Waals surface area contributed by atoms with Crippen molar-refractivity contribution in [2.75, 3.05) is 32.6 Å². The topological polar surface area (TPSA) is 72.3 Å². The van der Waals surface area contributed by atoms with Gasteiger partial charge in [0.15, 0.2) is 5.65 Å². The number of ether oxygens (including phenoxy) is 1. The van der Waals surface area contributed by atoms with Gasteiger partial charge in [-0.2, -0.15) is 5.10 Å². The van der Waals surface area contributed by atoms with Crippen LogP contribution in [0.3, 0.4) is 0 Å². The number of anilines is 1. The Bertz CT molecular complexity index is 704. The molecule has 3 rings (SSSR count). The molecular weight excluding hydrogens is 294 g/mol. The van der Waals surface area contributed by atoms with E-state index in [0.29, 0.717) is 11.6 Å². The van der Waals surface area contributed by atoms with Gasteiger partial charge in [0.2, 0.25) is 0 Å². The third-order valence-corrected chi connectivity index (χ3v) is 4.17. The van der Waals surface area contributed by atoms with Crippen LogP contribution in [0, 0.1) is 0 Å². The Hall–Kier alpha value is -2.15. The molecule has 1 fully saturated rings. The lowest BCUT2D eigenvalue weighted by Gasteiger charge is -2.26. The molecule has 0 aliphatic carbocycles. The maximum atomic E-state index is 12.5. The van der Waals surface area contributed by atoms with E-state index in [1.807, 2.05) is 11.6 Å². The minimum atomic E-state index is -0.0572. The molecule has 1 saturated heterocycles. The normalized spacial score (nSPS) is 15.8. The quantitative estimate of drug-likeness (QED) is 0.930. The number of pyridine rings is 1. The SMILES string of the molecule is CCn1ncc2c(NC3CCOCC3)c(C(=O)N(C)C)cnc21. The first-order chi connectivity index (χ1) is 11.1. The second-order valence-corrected chi connectivity index (χ2v) is 5.98. The molecular formula is C16H23N5O2. The van der Waals surface area contributed by atoms with Crippen molar-refractivity contribution in [3.05, 3.63) is 18.0 Å². The van der Waals surface area contributed by atoms with Crippen LogP contribution >= 0.6 is 0 Å². The second-order valence-electron chi connectivity index (χ2n) is 5.98. The third-order valence-electron chi connectivity index (χ3n) is 4.17. The number of carbonyl (C=O) groups excluding carboxylic acids is 1. The van der Waals surface area contributed by atoms with Gasteiger partial charge in [-0.3, -0.25) is 4.79 Å². The monoisotopic (exact) mass is 317 g/mol. The van der Waals surface area contributed by atoms with Gasteiger partial charge in [-0.25, -0.2) is 9.67 Å². The molecule has 1 aliphatic rings. The number of carbonyl (C=O) groups is 1. The van der Waals surface area contributed by atoms with E-state index in [1.54, 1.807) is 31.4 Å². The lowest BCUT2D eigenvalue weighted by atomic mass is 10.1. The summed E-state index contributed by atoms with van der Waals surface area (Å²) in [5.74, 6) is -0.0572. The Kier molecular flexibility index (Phi) is 4.47. The smallest absolute Gasteiger partial charge is 0.257 e. The van der Waals surface area contributed by atoms with Crippen molar-refractivity contribution < 1.29 is 9.53 Å². The van der Waals surface area contributed by atoms with Crippen LogP contribution in [-0.2, 0) is 11.3 Å². The van der Waals surface area contributed by atoms with Gasteiger partial charge >= 0.3 is 0 Å². The molecule has 7 nitrogen and oxygen atoms in total. The van der Waals surface area contributed by atoms with Crippen molar-refractivity contribution in [3.8, 4) is 0 Å². The predicted molar refractivity (Wildman–Crippen MR) is 88.7 cm³/mol. The Morgan fingerprint density at radius 1 is 1.39 bits per heavy atom. The number of amides is 1. The lowest BCUT2D eigenvalue weighted by molar-refractivity contribution is 0.0827. The summed E-state index contributed by atoms with van der Waals surface area (Å²) in [4.78, 5) is 18.6. The van der Waals surface area contributed by atoms with E-state index in [-0.39, 0.29) is 5.91 Å². The summed E-state index contributed by atoms with van der Waals surface area (Å²) in [6.45, 7) is 4.26. The van der Waals surface area contributed by atoms with Gasteiger partial charge in [-0.1, -0.05) is 0 Å². The molecule has 0 aromatic carbocycles. The molecule has 0 unspecified atom stereocenters. The highest BCUT2D eigenvalue weighted by Crippen LogP contribution is 2.28. The number of nitrogens with zero attached hydrogens (tertiary/aromatic N) is 4. The van der Waals surface area contributed by atoms with E-state index in [9.17, 15) is 4.79 Å². The first-order valence-electron chi connectivity index (χ1n) is 8.02. The van der Waals surface area contributed by atoms with Crippen molar-refractivity contribution in [2.24, 2.45) is 0 Å². The predicted octanol–water partition coefficient (Wildman–Crippen LogP) is 1.74. The van der Waals surface area contributed by atoms with E-state index in [0.717, 1.165) is 49.3 Å². The average Bonchev–Trinajstić information content (AvgIpc) is 2.99. The zero-order valence-corrected chi connectivity index (χ0v) is 13.9. The van der Waals surface area contributed by atoms with Crippen molar-refractivity contribution >= 4 is 22.6 Å². The number of aryl methyl sites for hydroxylation is 1. The van der Waals surface area contributed by atoms with Crippen LogP contribution in [-0.4, -0.2) is 58.9 Å². The fourth-order valence-corrected chi connectivity index (χ4v) is 2.86. The minimum absolute atomic E-state index is 0.0572. The van der Waals surface area contributed by atoms with Crippen LogP contribution < -0.4 is 5.32 Å². The Morgan fingerprint density at radius 3 is 2.78 bits per heavy atom. The molecule has 7 heteroatoms. The fraction of sp³-hybridized carbons (Fsp3) is 0.562. The van der Waals surface area contributed by atoms with Gasteiger partial charge in [0.25, 0.3) is 5.91 Å². The Balaban J connectivity index is 2.06. The third kappa shape index (κ3) is 3.01. The standard InChI is InChI=1S/C16H23N5O2/c1-4-21-15-12(10-18-21)14(19-11-5-7-23-8-6-11)13(9-17-15)16(22)20(2)3/h9-11H,4-8H2,1-3H3,(H,17,19). The van der Waals surface area contributed by atoms with E-state index in [1.165, 1.54) is 0 Å². The summed E-state index contributed by atoms with van der Waals surface area (Å²) >= 11 is 0. The molecule has 2 aromatic rings. The van der Waals surface area contributed by atoms with Crippen molar-refractivity contribution in [2.45, 2.75) is 32.4 Å². The summed E-state index contributed by atoms with van der Waals surface area (Å²) in [6.07, 6.45) is 5.31. The van der Waals surface area contributed by atoms with Crippen LogP contribution in [0.15, 0.2) is 12.4 Å². The molecule has 1 N–H and O–H groups in total. The first-order valence-corrected chi connectivity index (χ1v) is 8.02. The Labute approximate surface area is 135 Å². The van der Waals surface area contributed by atoms with Gasteiger partial charge < -0.3 is 15.0 Å². The van der Waals surface area contributed by atoms with Crippen molar-refractivity contribution in [1.82, 2.24) is 19.7 Å². The molecule has 124 valence electrons. The van der Waals surface area contributed by atoms with Gasteiger partial charge in [-0.05, 0) is 19.8 Å². The minimum Gasteiger partial charge on any atom is -0.381 e. The second kappa shape index (κ2) is 6.54. The molecule has 1 amide bonds. The first kappa shape index (κ1) is 15.7. The number of aromatic nitrogens is 3. The summed E-state index contributed by atoms with van der Waals surface area (Å²) in [5, 5.41) is 8.82. The number of rotatable bonds is 4. The molecule has 0 atom stereocenters. The lowest BCUT2D eigenvalue weighted by Crippen LogP contribution is -2.30.